The molecular weight excluding hydrogens is 348 g/mol. The van der Waals surface area contributed by atoms with Crippen LogP contribution in [0.25, 0.3) is 0 Å². The van der Waals surface area contributed by atoms with Gasteiger partial charge >= 0.3 is 5.97 Å². The number of amides is 2. The fourth-order valence-corrected chi connectivity index (χ4v) is 3.99. The molecule has 0 unspecified atom stereocenters. The minimum atomic E-state index is -0.757. The van der Waals surface area contributed by atoms with Crippen LogP contribution in [0.2, 0.25) is 0 Å². The molecule has 3 rings (SSSR count). The number of aliphatic carboxylic acids is 1. The number of carboxylic acids is 1. The Hall–Kier alpha value is -2.38. The standard InChI is InChI=1S/C19H28N4O4/c24-17(21-15-4-2-1-3-5-15)12-23-11-14(10-20-23)18(25)22-16-8-6-13(7-9-16)19(26)27/h10-11,13,15-16H,1-9,12H2,(H,21,24)(H,22,25)(H,26,27). The first kappa shape index (κ1) is 19.4. The van der Waals surface area contributed by atoms with Crippen LogP contribution < -0.4 is 10.6 Å². The Morgan fingerprint density at radius 3 is 2.33 bits per heavy atom. The molecule has 0 bridgehead atoms. The Balaban J connectivity index is 1.44. The van der Waals surface area contributed by atoms with Crippen LogP contribution in [0.15, 0.2) is 12.4 Å². The summed E-state index contributed by atoms with van der Waals surface area (Å²) in [5.41, 5.74) is 0.417. The summed E-state index contributed by atoms with van der Waals surface area (Å²) in [6, 6.07) is 0.247. The molecule has 2 aliphatic rings. The highest BCUT2D eigenvalue weighted by Gasteiger charge is 2.27. The molecule has 3 N–H and O–H groups in total. The van der Waals surface area contributed by atoms with Crippen LogP contribution in [0, 0.1) is 5.92 Å². The van der Waals surface area contributed by atoms with Crippen LogP contribution in [-0.4, -0.2) is 44.8 Å². The van der Waals surface area contributed by atoms with Gasteiger partial charge in [-0.1, -0.05) is 19.3 Å². The van der Waals surface area contributed by atoms with Gasteiger partial charge < -0.3 is 15.7 Å². The molecule has 1 aromatic rings. The minimum absolute atomic E-state index is 0.00829. The summed E-state index contributed by atoms with van der Waals surface area (Å²) in [6.45, 7) is 0.105. The third-order valence-electron chi connectivity index (χ3n) is 5.58. The Kier molecular flexibility index (Phi) is 6.47. The second-order valence-electron chi connectivity index (χ2n) is 7.69. The van der Waals surface area contributed by atoms with Crippen molar-refractivity contribution in [3.63, 3.8) is 0 Å². The largest absolute Gasteiger partial charge is 0.481 e. The first-order valence-corrected chi connectivity index (χ1v) is 9.87. The summed E-state index contributed by atoms with van der Waals surface area (Å²) in [7, 11) is 0. The first-order chi connectivity index (χ1) is 13.0. The zero-order valence-electron chi connectivity index (χ0n) is 15.5. The van der Waals surface area contributed by atoms with E-state index >= 15 is 0 Å². The van der Waals surface area contributed by atoms with E-state index in [9.17, 15) is 14.4 Å². The van der Waals surface area contributed by atoms with E-state index in [-0.39, 0.29) is 36.4 Å². The molecule has 2 aliphatic carbocycles. The summed E-state index contributed by atoms with van der Waals surface area (Å²) in [4.78, 5) is 35.5. The fourth-order valence-electron chi connectivity index (χ4n) is 3.99. The maximum absolute atomic E-state index is 12.4. The molecule has 0 saturated heterocycles. The molecular formula is C19H28N4O4. The predicted octanol–water partition coefficient (Wildman–Crippen LogP) is 1.71. The number of nitrogens with zero attached hydrogens (tertiary/aromatic N) is 2. The average molecular weight is 376 g/mol. The van der Waals surface area contributed by atoms with Crippen LogP contribution in [0.1, 0.15) is 68.1 Å². The van der Waals surface area contributed by atoms with E-state index in [0.29, 0.717) is 31.2 Å². The summed E-state index contributed by atoms with van der Waals surface area (Å²) in [5, 5.41) is 19.1. The minimum Gasteiger partial charge on any atom is -0.481 e. The molecule has 2 amide bonds. The van der Waals surface area contributed by atoms with Crippen molar-refractivity contribution in [2.24, 2.45) is 5.92 Å². The van der Waals surface area contributed by atoms with Crippen LogP contribution in [-0.2, 0) is 16.1 Å². The number of carbonyl (C=O) groups is 3. The van der Waals surface area contributed by atoms with Crippen molar-refractivity contribution in [3.05, 3.63) is 18.0 Å². The molecule has 148 valence electrons. The normalized spacial score (nSPS) is 23.6. The maximum atomic E-state index is 12.4. The van der Waals surface area contributed by atoms with Crippen molar-refractivity contribution in [2.75, 3.05) is 0 Å². The van der Waals surface area contributed by atoms with Crippen LogP contribution >= 0.6 is 0 Å². The topological polar surface area (TPSA) is 113 Å². The number of carbonyl (C=O) groups excluding carboxylic acids is 2. The molecule has 0 radical (unpaired) electrons. The molecule has 2 saturated carbocycles. The van der Waals surface area contributed by atoms with Crippen molar-refractivity contribution < 1.29 is 19.5 Å². The lowest BCUT2D eigenvalue weighted by Gasteiger charge is -2.26. The van der Waals surface area contributed by atoms with E-state index < -0.39 is 5.97 Å². The quantitative estimate of drug-likeness (QED) is 0.699. The van der Waals surface area contributed by atoms with Crippen LogP contribution in [0.3, 0.4) is 0 Å². The van der Waals surface area contributed by atoms with Gasteiger partial charge in [0.25, 0.3) is 5.91 Å². The molecule has 27 heavy (non-hydrogen) atoms. The molecule has 1 heterocycles. The van der Waals surface area contributed by atoms with E-state index in [1.54, 1.807) is 6.20 Å². The molecule has 8 nitrogen and oxygen atoms in total. The lowest BCUT2D eigenvalue weighted by Crippen LogP contribution is -2.38. The zero-order valence-corrected chi connectivity index (χ0v) is 15.5. The van der Waals surface area contributed by atoms with E-state index in [1.165, 1.54) is 17.3 Å². The second-order valence-corrected chi connectivity index (χ2v) is 7.69. The second kappa shape index (κ2) is 9.01. The van der Waals surface area contributed by atoms with Crippen molar-refractivity contribution in [2.45, 2.75) is 76.4 Å². The fraction of sp³-hybridized carbons (Fsp3) is 0.684. The SMILES string of the molecule is O=C(Cn1cc(C(=O)NC2CCC(C(=O)O)CC2)cn1)NC1CCCCC1. The summed E-state index contributed by atoms with van der Waals surface area (Å²) in [6.07, 6.45) is 11.2. The molecule has 0 spiro atoms. The lowest BCUT2D eigenvalue weighted by atomic mass is 9.86. The summed E-state index contributed by atoms with van der Waals surface area (Å²) < 4.78 is 1.48. The lowest BCUT2D eigenvalue weighted by molar-refractivity contribution is -0.142. The molecule has 0 atom stereocenters. The van der Waals surface area contributed by atoms with Gasteiger partial charge in [-0.05, 0) is 38.5 Å². The first-order valence-electron chi connectivity index (χ1n) is 9.87. The van der Waals surface area contributed by atoms with Gasteiger partial charge in [-0.2, -0.15) is 5.10 Å². The monoisotopic (exact) mass is 376 g/mol. The third kappa shape index (κ3) is 5.55. The maximum Gasteiger partial charge on any atom is 0.306 e. The number of nitrogens with one attached hydrogen (secondary N) is 2. The Labute approximate surface area is 158 Å². The van der Waals surface area contributed by atoms with Crippen molar-refractivity contribution in [1.82, 2.24) is 20.4 Å². The molecule has 1 aromatic heterocycles. The van der Waals surface area contributed by atoms with Gasteiger partial charge in [0.2, 0.25) is 5.91 Å². The van der Waals surface area contributed by atoms with E-state index in [2.05, 4.69) is 15.7 Å². The summed E-state index contributed by atoms with van der Waals surface area (Å²) >= 11 is 0. The Morgan fingerprint density at radius 2 is 1.67 bits per heavy atom. The Bertz CT molecular complexity index is 673. The van der Waals surface area contributed by atoms with E-state index in [1.807, 2.05) is 0 Å². The number of hydrogen-bond donors (Lipinski definition) is 3. The average Bonchev–Trinajstić information content (AvgIpc) is 3.11. The van der Waals surface area contributed by atoms with Gasteiger partial charge in [-0.25, -0.2) is 0 Å². The number of aromatic nitrogens is 2. The van der Waals surface area contributed by atoms with Crippen molar-refractivity contribution in [1.29, 1.82) is 0 Å². The molecule has 2 fully saturated rings. The molecule has 0 aliphatic heterocycles. The highest BCUT2D eigenvalue weighted by Crippen LogP contribution is 2.24. The van der Waals surface area contributed by atoms with Gasteiger partial charge in [-0.15, -0.1) is 0 Å². The number of rotatable bonds is 6. The zero-order chi connectivity index (χ0) is 19.2. The van der Waals surface area contributed by atoms with Crippen molar-refractivity contribution in [3.8, 4) is 0 Å². The van der Waals surface area contributed by atoms with Gasteiger partial charge in [0.05, 0.1) is 17.7 Å². The van der Waals surface area contributed by atoms with Crippen LogP contribution in [0.4, 0.5) is 0 Å². The predicted molar refractivity (Wildman–Crippen MR) is 98.1 cm³/mol. The smallest absolute Gasteiger partial charge is 0.306 e. The van der Waals surface area contributed by atoms with Gasteiger partial charge in [0.1, 0.15) is 6.54 Å². The van der Waals surface area contributed by atoms with E-state index in [4.69, 9.17) is 5.11 Å². The third-order valence-corrected chi connectivity index (χ3v) is 5.58. The number of hydrogen-bond acceptors (Lipinski definition) is 4. The van der Waals surface area contributed by atoms with Gasteiger partial charge in [0.15, 0.2) is 0 Å². The van der Waals surface area contributed by atoms with Gasteiger partial charge in [-0.3, -0.25) is 19.1 Å². The van der Waals surface area contributed by atoms with Gasteiger partial charge in [0, 0.05) is 18.3 Å². The molecule has 8 heteroatoms. The summed E-state index contributed by atoms with van der Waals surface area (Å²) in [5.74, 6) is -1.37. The highest BCUT2D eigenvalue weighted by molar-refractivity contribution is 5.94. The highest BCUT2D eigenvalue weighted by atomic mass is 16.4. The van der Waals surface area contributed by atoms with Crippen LogP contribution in [0.5, 0.6) is 0 Å². The van der Waals surface area contributed by atoms with Crippen molar-refractivity contribution >= 4 is 17.8 Å². The molecule has 0 aromatic carbocycles. The number of carboxylic acid groups (broad SMARTS) is 1. The Morgan fingerprint density at radius 1 is 1.00 bits per heavy atom. The van der Waals surface area contributed by atoms with E-state index in [0.717, 1.165) is 25.7 Å².